The van der Waals surface area contributed by atoms with Gasteiger partial charge in [0.15, 0.2) is 0 Å². The highest BCUT2D eigenvalue weighted by Crippen LogP contribution is 2.07. The van der Waals surface area contributed by atoms with E-state index in [-0.39, 0.29) is 0 Å². The normalized spacial score (nSPS) is 10.6. The van der Waals surface area contributed by atoms with Crippen LogP contribution in [0.3, 0.4) is 0 Å². The van der Waals surface area contributed by atoms with E-state index in [1.165, 1.54) is 18.2 Å². The highest BCUT2D eigenvalue weighted by atomic mass is 127. The fourth-order valence-electron chi connectivity index (χ4n) is 0.727. The smallest absolute Gasteiger partial charge is 0.328 e. The summed E-state index contributed by atoms with van der Waals surface area (Å²) in [6.07, 6.45) is 2.16. The zero-order valence-electron chi connectivity index (χ0n) is 6.37. The molecule has 3 nitrogen and oxygen atoms in total. The van der Waals surface area contributed by atoms with Crippen molar-refractivity contribution in [2.75, 3.05) is 0 Å². The van der Waals surface area contributed by atoms with Crippen molar-refractivity contribution >= 4 is 34.6 Å². The van der Waals surface area contributed by atoms with Crippen molar-refractivity contribution in [3.05, 3.63) is 33.4 Å². The van der Waals surface area contributed by atoms with Crippen LogP contribution in [0.2, 0.25) is 0 Å². The minimum Gasteiger partial charge on any atom is -0.478 e. The summed E-state index contributed by atoms with van der Waals surface area (Å²) in [5.41, 5.74) is 0.298. The number of aliphatic carboxylic acids is 1. The van der Waals surface area contributed by atoms with E-state index in [9.17, 15) is 9.18 Å². The predicted octanol–water partition coefficient (Wildman–Crippen LogP) is 1.92. The molecular formula is C8H5FINO2. The third-order valence-corrected chi connectivity index (χ3v) is 1.73. The van der Waals surface area contributed by atoms with Crippen LogP contribution in [0.5, 0.6) is 0 Å². The average Bonchev–Trinajstić information content (AvgIpc) is 1.99. The molecule has 0 radical (unpaired) electrons. The van der Waals surface area contributed by atoms with Crippen LogP contribution >= 0.6 is 22.6 Å². The molecule has 0 saturated heterocycles. The molecule has 0 saturated carbocycles. The summed E-state index contributed by atoms with van der Waals surface area (Å²) in [5, 5.41) is 8.30. The summed E-state index contributed by atoms with van der Waals surface area (Å²) in [4.78, 5) is 14.0. The van der Waals surface area contributed by atoms with Crippen LogP contribution in [0.25, 0.3) is 6.08 Å². The number of halogens is 2. The number of carbonyl (C=O) groups is 1. The quantitative estimate of drug-likeness (QED) is 0.515. The fraction of sp³-hybridized carbons (Fsp3) is 0. The van der Waals surface area contributed by atoms with E-state index in [4.69, 9.17) is 5.11 Å². The van der Waals surface area contributed by atoms with Crippen LogP contribution in [-0.4, -0.2) is 16.1 Å². The topological polar surface area (TPSA) is 50.2 Å². The molecule has 68 valence electrons. The van der Waals surface area contributed by atoms with Crippen molar-refractivity contribution < 1.29 is 14.3 Å². The molecule has 1 N–H and O–H groups in total. The third kappa shape index (κ3) is 3.49. The van der Waals surface area contributed by atoms with Gasteiger partial charge in [0.1, 0.15) is 9.52 Å². The first-order chi connectivity index (χ1) is 6.08. The minimum atomic E-state index is -1.08. The van der Waals surface area contributed by atoms with Crippen molar-refractivity contribution in [1.29, 1.82) is 0 Å². The third-order valence-electron chi connectivity index (χ3n) is 1.18. The second kappa shape index (κ2) is 4.31. The Bertz CT molecular complexity index is 345. The van der Waals surface area contributed by atoms with Gasteiger partial charge in [-0.2, -0.15) is 0 Å². The van der Waals surface area contributed by atoms with Gasteiger partial charge >= 0.3 is 5.97 Å². The van der Waals surface area contributed by atoms with Crippen molar-refractivity contribution in [2.24, 2.45) is 0 Å². The Morgan fingerprint density at radius 3 is 2.85 bits per heavy atom. The first-order valence-corrected chi connectivity index (χ1v) is 4.40. The lowest BCUT2D eigenvalue weighted by Gasteiger charge is -1.94. The Morgan fingerprint density at radius 1 is 1.62 bits per heavy atom. The maximum atomic E-state index is 12.7. The highest BCUT2D eigenvalue weighted by molar-refractivity contribution is 14.1. The molecule has 0 fully saturated rings. The molecule has 1 aromatic heterocycles. The molecule has 0 spiro atoms. The number of pyridine rings is 1. The standard InChI is InChI=1S/C8H5FINO2/c9-5-3-6(1-2-8(12)13)11-7(10)4-5/h1-4H,(H,12,13)/b2-1+. The van der Waals surface area contributed by atoms with Gasteiger partial charge in [-0.05, 0) is 34.7 Å². The van der Waals surface area contributed by atoms with Gasteiger partial charge in [0.25, 0.3) is 0 Å². The summed E-state index contributed by atoms with van der Waals surface area (Å²) in [6.45, 7) is 0. The maximum absolute atomic E-state index is 12.7. The van der Waals surface area contributed by atoms with Gasteiger partial charge in [-0.3, -0.25) is 0 Å². The number of hydrogen-bond acceptors (Lipinski definition) is 2. The summed E-state index contributed by atoms with van der Waals surface area (Å²) in [7, 11) is 0. The highest BCUT2D eigenvalue weighted by Gasteiger charge is 1.97. The second-order valence-electron chi connectivity index (χ2n) is 2.20. The van der Waals surface area contributed by atoms with Crippen molar-refractivity contribution in [3.63, 3.8) is 0 Å². The molecule has 0 aliphatic rings. The van der Waals surface area contributed by atoms with Gasteiger partial charge in [-0.25, -0.2) is 14.2 Å². The molecule has 0 amide bonds. The molecule has 13 heavy (non-hydrogen) atoms. The Balaban J connectivity index is 2.95. The monoisotopic (exact) mass is 293 g/mol. The first kappa shape index (κ1) is 10.1. The van der Waals surface area contributed by atoms with Crippen LogP contribution in [-0.2, 0) is 4.79 Å². The van der Waals surface area contributed by atoms with E-state index < -0.39 is 11.8 Å². The lowest BCUT2D eigenvalue weighted by molar-refractivity contribution is -0.131. The van der Waals surface area contributed by atoms with Crippen molar-refractivity contribution in [3.8, 4) is 0 Å². The molecule has 0 atom stereocenters. The van der Waals surface area contributed by atoms with Crippen LogP contribution < -0.4 is 0 Å². The average molecular weight is 293 g/mol. The van der Waals surface area contributed by atoms with Gasteiger partial charge in [-0.1, -0.05) is 0 Å². The number of carboxylic acids is 1. The zero-order valence-corrected chi connectivity index (χ0v) is 8.53. The second-order valence-corrected chi connectivity index (χ2v) is 3.31. The SMILES string of the molecule is O=C(O)/C=C/c1cc(F)cc(I)n1. The first-order valence-electron chi connectivity index (χ1n) is 3.32. The number of hydrogen-bond donors (Lipinski definition) is 1. The van der Waals surface area contributed by atoms with E-state index in [1.807, 2.05) is 22.6 Å². The van der Waals surface area contributed by atoms with Crippen molar-refractivity contribution in [1.82, 2.24) is 4.98 Å². The van der Waals surface area contributed by atoms with Crippen LogP contribution in [0.15, 0.2) is 18.2 Å². The molecule has 0 aliphatic heterocycles. The Hall–Kier alpha value is -0.980. The lowest BCUT2D eigenvalue weighted by atomic mass is 10.3. The lowest BCUT2D eigenvalue weighted by Crippen LogP contribution is -1.90. The van der Waals surface area contributed by atoms with E-state index in [0.717, 1.165) is 6.08 Å². The maximum Gasteiger partial charge on any atom is 0.328 e. The molecule has 0 bridgehead atoms. The van der Waals surface area contributed by atoms with Crippen molar-refractivity contribution in [2.45, 2.75) is 0 Å². The summed E-state index contributed by atoms with van der Waals surface area (Å²) < 4.78 is 13.2. The van der Waals surface area contributed by atoms with E-state index in [1.54, 1.807) is 0 Å². The Labute approximate surface area is 87.4 Å². The summed E-state index contributed by atoms with van der Waals surface area (Å²) >= 11 is 1.86. The van der Waals surface area contributed by atoms with Crippen LogP contribution in [0, 0.1) is 9.52 Å². The van der Waals surface area contributed by atoms with E-state index >= 15 is 0 Å². The van der Waals surface area contributed by atoms with Gasteiger partial charge in [0, 0.05) is 12.1 Å². The number of carboxylic acid groups (broad SMARTS) is 1. The van der Waals surface area contributed by atoms with Crippen LogP contribution in [0.4, 0.5) is 4.39 Å². The predicted molar refractivity (Wildman–Crippen MR) is 53.6 cm³/mol. The largest absolute Gasteiger partial charge is 0.478 e. The molecule has 1 heterocycles. The number of rotatable bonds is 2. The molecule has 1 aromatic rings. The Morgan fingerprint density at radius 2 is 2.31 bits per heavy atom. The van der Waals surface area contributed by atoms with Gasteiger partial charge in [-0.15, -0.1) is 0 Å². The molecule has 0 aliphatic carbocycles. The molecular weight excluding hydrogens is 288 g/mol. The molecule has 0 unspecified atom stereocenters. The molecule has 5 heteroatoms. The molecule has 0 aromatic carbocycles. The Kier molecular flexibility index (Phi) is 3.35. The summed E-state index contributed by atoms with van der Waals surface area (Å²) in [6, 6.07) is 2.43. The van der Waals surface area contributed by atoms with Gasteiger partial charge < -0.3 is 5.11 Å². The number of nitrogens with zero attached hydrogens (tertiary/aromatic N) is 1. The van der Waals surface area contributed by atoms with Gasteiger partial charge in [0.05, 0.1) is 5.69 Å². The molecule has 1 rings (SSSR count). The van der Waals surface area contributed by atoms with E-state index in [0.29, 0.717) is 9.39 Å². The fourth-order valence-corrected chi connectivity index (χ4v) is 1.30. The van der Waals surface area contributed by atoms with Crippen LogP contribution in [0.1, 0.15) is 5.69 Å². The zero-order chi connectivity index (χ0) is 9.84. The number of aromatic nitrogens is 1. The van der Waals surface area contributed by atoms with Gasteiger partial charge in [0.2, 0.25) is 0 Å². The summed E-state index contributed by atoms with van der Waals surface area (Å²) in [5.74, 6) is -1.51. The minimum absolute atomic E-state index is 0.298. The van der Waals surface area contributed by atoms with E-state index in [2.05, 4.69) is 4.98 Å².